The third kappa shape index (κ3) is 7.13. The van der Waals surface area contributed by atoms with Crippen molar-refractivity contribution in [1.29, 1.82) is 0 Å². The number of benzene rings is 1. The minimum Gasteiger partial charge on any atom is -0.455 e. The second kappa shape index (κ2) is 9.88. The predicted octanol–water partition coefficient (Wildman–Crippen LogP) is 2.75. The Kier molecular flexibility index (Phi) is 7.70. The van der Waals surface area contributed by atoms with Gasteiger partial charge in [-0.3, -0.25) is 19.3 Å². The lowest BCUT2D eigenvalue weighted by atomic mass is 10.1. The summed E-state index contributed by atoms with van der Waals surface area (Å²) in [6, 6.07) is 3.10. The van der Waals surface area contributed by atoms with Crippen LogP contribution in [0.15, 0.2) is 24.3 Å². The van der Waals surface area contributed by atoms with Gasteiger partial charge in [-0.1, -0.05) is 12.1 Å². The molecule has 1 aromatic carbocycles. The largest absolute Gasteiger partial charge is 0.455 e. The molecule has 1 aliphatic heterocycles. The number of alkyl halides is 3. The van der Waals surface area contributed by atoms with Crippen LogP contribution in [0.2, 0.25) is 0 Å². The van der Waals surface area contributed by atoms with Crippen LogP contribution in [0.5, 0.6) is 0 Å². The molecule has 176 valence electrons. The Labute approximate surface area is 182 Å². The first-order chi connectivity index (χ1) is 14.8. The number of alkyl carbamates (subject to hydrolysis) is 1. The third-order valence-electron chi connectivity index (χ3n) is 4.13. The molecule has 0 fully saturated rings. The molecular weight excluding hydrogens is 435 g/mol. The number of carbonyl (C=O) groups excluding carboxylic acids is 4. The monoisotopic (exact) mass is 459 g/mol. The molecule has 2 rings (SSSR count). The van der Waals surface area contributed by atoms with Crippen LogP contribution < -0.4 is 15.5 Å². The van der Waals surface area contributed by atoms with Gasteiger partial charge in [0.1, 0.15) is 11.6 Å². The van der Waals surface area contributed by atoms with E-state index in [1.165, 1.54) is 24.3 Å². The first-order valence-corrected chi connectivity index (χ1v) is 9.68. The average molecular weight is 459 g/mol. The highest BCUT2D eigenvalue weighted by atomic mass is 19.4. The normalized spacial score (nSPS) is 16.4. The first kappa shape index (κ1) is 25.0. The fraction of sp³-hybridized carbons (Fsp3) is 0.500. The number of rotatable bonds is 5. The Morgan fingerprint density at radius 1 is 1.19 bits per heavy atom. The number of fused-ring (bicyclic) bond motifs is 1. The van der Waals surface area contributed by atoms with Gasteiger partial charge in [-0.05, 0) is 32.9 Å². The minimum atomic E-state index is -4.90. The summed E-state index contributed by atoms with van der Waals surface area (Å²) in [7, 11) is 0. The van der Waals surface area contributed by atoms with Crippen LogP contribution in [-0.2, 0) is 23.9 Å². The number of para-hydroxylation sites is 2. The van der Waals surface area contributed by atoms with Gasteiger partial charge in [-0.2, -0.15) is 13.2 Å². The number of halogens is 3. The smallest absolute Gasteiger partial charge is 0.409 e. The molecule has 1 heterocycles. The molecule has 1 aliphatic rings. The van der Waals surface area contributed by atoms with Crippen molar-refractivity contribution in [2.24, 2.45) is 0 Å². The maximum absolute atomic E-state index is 13.6. The van der Waals surface area contributed by atoms with Crippen molar-refractivity contribution < 1.29 is 41.8 Å². The lowest BCUT2D eigenvalue weighted by molar-refractivity contribution is -0.160. The van der Waals surface area contributed by atoms with Gasteiger partial charge >= 0.3 is 18.2 Å². The number of anilines is 2. The van der Waals surface area contributed by atoms with E-state index in [1.54, 1.807) is 20.8 Å². The molecule has 1 atom stereocenters. The van der Waals surface area contributed by atoms with Gasteiger partial charge < -0.3 is 20.1 Å². The molecule has 0 aromatic heterocycles. The predicted molar refractivity (Wildman–Crippen MR) is 107 cm³/mol. The summed E-state index contributed by atoms with van der Waals surface area (Å²) in [6.45, 7) is 3.85. The van der Waals surface area contributed by atoms with E-state index in [2.05, 4.69) is 10.6 Å². The Hall–Kier alpha value is -3.31. The maximum atomic E-state index is 13.6. The van der Waals surface area contributed by atoms with Crippen LogP contribution in [-0.4, -0.2) is 54.8 Å². The van der Waals surface area contributed by atoms with Gasteiger partial charge in [-0.15, -0.1) is 0 Å². The van der Waals surface area contributed by atoms with E-state index in [0.717, 1.165) is 0 Å². The van der Waals surface area contributed by atoms with Crippen molar-refractivity contribution in [2.75, 3.05) is 23.4 Å². The molecule has 9 nitrogen and oxygen atoms in total. The minimum absolute atomic E-state index is 0.0329. The van der Waals surface area contributed by atoms with Crippen LogP contribution >= 0.6 is 0 Å². The number of ether oxygens (including phenoxy) is 2. The molecule has 1 unspecified atom stereocenters. The van der Waals surface area contributed by atoms with Crippen LogP contribution in [0.25, 0.3) is 0 Å². The van der Waals surface area contributed by atoms with Crippen molar-refractivity contribution in [3.63, 3.8) is 0 Å². The quantitative estimate of drug-likeness (QED) is 0.655. The molecule has 0 spiro atoms. The fourth-order valence-electron chi connectivity index (χ4n) is 2.86. The molecule has 0 bridgehead atoms. The number of carbonyl (C=O) groups is 4. The van der Waals surface area contributed by atoms with E-state index in [4.69, 9.17) is 9.47 Å². The van der Waals surface area contributed by atoms with E-state index < -0.39 is 54.7 Å². The molecule has 0 aliphatic carbocycles. The number of nitrogens with one attached hydrogen (secondary N) is 2. The zero-order chi connectivity index (χ0) is 24.1. The van der Waals surface area contributed by atoms with Crippen molar-refractivity contribution in [2.45, 2.75) is 51.4 Å². The van der Waals surface area contributed by atoms with Crippen molar-refractivity contribution in [1.82, 2.24) is 5.32 Å². The van der Waals surface area contributed by atoms with E-state index in [9.17, 15) is 32.3 Å². The third-order valence-corrected chi connectivity index (χ3v) is 4.13. The molecule has 12 heteroatoms. The van der Waals surface area contributed by atoms with Gasteiger partial charge in [-0.25, -0.2) is 4.79 Å². The Morgan fingerprint density at radius 3 is 2.47 bits per heavy atom. The lowest BCUT2D eigenvalue weighted by Gasteiger charge is -2.31. The van der Waals surface area contributed by atoms with Gasteiger partial charge in [0.2, 0.25) is 5.91 Å². The van der Waals surface area contributed by atoms with E-state index >= 15 is 0 Å². The van der Waals surface area contributed by atoms with Gasteiger partial charge in [0.15, 0.2) is 6.61 Å². The van der Waals surface area contributed by atoms with Crippen LogP contribution in [0.1, 0.15) is 33.6 Å². The zero-order valence-corrected chi connectivity index (χ0v) is 17.7. The molecule has 1 aromatic rings. The topological polar surface area (TPSA) is 114 Å². The van der Waals surface area contributed by atoms with Gasteiger partial charge in [0.05, 0.1) is 24.2 Å². The number of esters is 1. The molecule has 2 N–H and O–H groups in total. The van der Waals surface area contributed by atoms with Crippen molar-refractivity contribution in [3.05, 3.63) is 24.3 Å². The average Bonchev–Trinajstić information content (AvgIpc) is 2.80. The van der Waals surface area contributed by atoms with Crippen molar-refractivity contribution >= 4 is 35.3 Å². The SMILES string of the molecule is CC(C)(C)OC(=O)NCCC(=O)OCC(=O)N1c2ccccc2NC(=O)CC1C(F)(F)F. The second-order valence-corrected chi connectivity index (χ2v) is 7.93. The fourth-order valence-corrected chi connectivity index (χ4v) is 2.86. The summed E-state index contributed by atoms with van der Waals surface area (Å²) in [6.07, 6.45) is -6.98. The summed E-state index contributed by atoms with van der Waals surface area (Å²) in [5.41, 5.74) is -0.857. The summed E-state index contributed by atoms with van der Waals surface area (Å²) < 4.78 is 50.7. The first-order valence-electron chi connectivity index (χ1n) is 9.68. The van der Waals surface area contributed by atoms with Gasteiger partial charge in [0, 0.05) is 6.54 Å². The molecule has 0 saturated carbocycles. The Balaban J connectivity index is 2.03. The van der Waals surface area contributed by atoms with Crippen LogP contribution in [0.3, 0.4) is 0 Å². The Bertz CT molecular complexity index is 882. The van der Waals surface area contributed by atoms with Crippen LogP contribution in [0, 0.1) is 0 Å². The van der Waals surface area contributed by atoms with Crippen molar-refractivity contribution in [3.8, 4) is 0 Å². The molecular formula is C20H24F3N3O6. The number of hydrogen-bond acceptors (Lipinski definition) is 6. The Morgan fingerprint density at radius 2 is 1.84 bits per heavy atom. The second-order valence-electron chi connectivity index (χ2n) is 7.93. The lowest BCUT2D eigenvalue weighted by Crippen LogP contribution is -2.51. The van der Waals surface area contributed by atoms with E-state index in [1.807, 2.05) is 0 Å². The van der Waals surface area contributed by atoms with Gasteiger partial charge in [0.25, 0.3) is 5.91 Å². The number of amides is 3. The molecule has 3 amide bonds. The summed E-state index contributed by atoms with van der Waals surface area (Å²) in [5.74, 6) is -2.96. The molecule has 0 saturated heterocycles. The number of nitrogens with zero attached hydrogens (tertiary/aromatic N) is 1. The zero-order valence-electron chi connectivity index (χ0n) is 17.7. The summed E-state index contributed by atoms with van der Waals surface area (Å²) >= 11 is 0. The number of hydrogen-bond donors (Lipinski definition) is 2. The standard InChI is InChI=1S/C20H24F3N3O6/c1-19(2,3)32-18(30)24-9-8-17(29)31-11-16(28)26-13-7-5-4-6-12(13)25-15(27)10-14(26)20(21,22)23/h4-7,14H,8-11H2,1-3H3,(H,24,30)(H,25,27). The highest BCUT2D eigenvalue weighted by molar-refractivity contribution is 6.05. The molecule has 32 heavy (non-hydrogen) atoms. The maximum Gasteiger partial charge on any atom is 0.409 e. The molecule has 0 radical (unpaired) electrons. The van der Waals surface area contributed by atoms with Crippen LogP contribution in [0.4, 0.5) is 29.3 Å². The summed E-state index contributed by atoms with van der Waals surface area (Å²) in [5, 5.41) is 4.66. The highest BCUT2D eigenvalue weighted by Crippen LogP contribution is 2.37. The highest BCUT2D eigenvalue weighted by Gasteiger charge is 2.49. The summed E-state index contributed by atoms with van der Waals surface area (Å²) in [4.78, 5) is 48.4. The van der Waals surface area contributed by atoms with E-state index in [0.29, 0.717) is 4.90 Å². The van der Waals surface area contributed by atoms with E-state index in [-0.39, 0.29) is 24.3 Å².